The van der Waals surface area contributed by atoms with Crippen molar-refractivity contribution in [1.29, 1.82) is 0 Å². The van der Waals surface area contributed by atoms with E-state index in [2.05, 4.69) is 5.32 Å². The molecular weight excluding hydrogens is 382 g/mol. The number of piperidine rings is 1. The molecule has 2 saturated heterocycles. The van der Waals surface area contributed by atoms with Crippen molar-refractivity contribution in [1.82, 2.24) is 10.2 Å². The van der Waals surface area contributed by atoms with Crippen LogP contribution in [0.3, 0.4) is 0 Å². The van der Waals surface area contributed by atoms with E-state index in [1.165, 1.54) is 4.90 Å². The number of urea groups is 1. The number of carbonyl (C=O) groups excluding carboxylic acids is 3. The SMILES string of the molecule is CCOC(=O)C1CC[NH+](CN2C(=O)N[C@](C)(c3cccc4ccccc34)C2=O)CC1. The standard InChI is InChI=1S/C23H27N3O4/c1-3-30-20(27)17-11-13-25(14-12-17)15-26-21(28)23(2,24-22(26)29)19-10-6-8-16-7-4-5-9-18(16)19/h4-10,17H,3,11-15H2,1-2H3,(H,24,29)/p+1/t23-/m1/s1. The van der Waals surface area contributed by atoms with Crippen molar-refractivity contribution in [2.75, 3.05) is 26.4 Å². The molecule has 7 heteroatoms. The van der Waals surface area contributed by atoms with E-state index >= 15 is 0 Å². The summed E-state index contributed by atoms with van der Waals surface area (Å²) in [4.78, 5) is 40.5. The molecule has 2 N–H and O–H groups in total. The number of imide groups is 1. The van der Waals surface area contributed by atoms with E-state index in [1.54, 1.807) is 6.92 Å². The lowest BCUT2D eigenvalue weighted by atomic mass is 9.88. The molecule has 0 saturated carbocycles. The molecule has 2 aliphatic heterocycles. The number of benzene rings is 2. The first kappa shape index (κ1) is 20.3. The smallest absolute Gasteiger partial charge is 0.329 e. The van der Waals surface area contributed by atoms with Gasteiger partial charge in [0.2, 0.25) is 0 Å². The molecule has 1 atom stereocenters. The fraction of sp³-hybridized carbons (Fsp3) is 0.435. The Hall–Kier alpha value is -2.93. The highest BCUT2D eigenvalue weighted by Gasteiger charge is 2.51. The summed E-state index contributed by atoms with van der Waals surface area (Å²) in [6.45, 7) is 5.73. The maximum Gasteiger partial charge on any atom is 0.329 e. The lowest BCUT2D eigenvalue weighted by molar-refractivity contribution is -0.913. The Bertz CT molecular complexity index is 978. The quantitative estimate of drug-likeness (QED) is 0.577. The Labute approximate surface area is 176 Å². The maximum atomic E-state index is 13.4. The van der Waals surface area contributed by atoms with Crippen molar-refractivity contribution >= 4 is 28.7 Å². The van der Waals surface area contributed by atoms with Gasteiger partial charge in [-0.15, -0.1) is 0 Å². The maximum absolute atomic E-state index is 13.4. The number of likely N-dealkylation sites (tertiary alicyclic amines) is 1. The number of quaternary nitrogens is 1. The summed E-state index contributed by atoms with van der Waals surface area (Å²) < 4.78 is 5.12. The number of amides is 3. The number of fused-ring (bicyclic) bond motifs is 1. The highest BCUT2D eigenvalue weighted by atomic mass is 16.5. The van der Waals surface area contributed by atoms with E-state index in [0.717, 1.165) is 34.3 Å². The van der Waals surface area contributed by atoms with Gasteiger partial charge in [0.1, 0.15) is 5.54 Å². The minimum Gasteiger partial charge on any atom is -0.466 e. The lowest BCUT2D eigenvalue weighted by Crippen LogP contribution is -3.14. The Morgan fingerprint density at radius 3 is 2.60 bits per heavy atom. The number of nitrogens with zero attached hydrogens (tertiary/aromatic N) is 1. The highest BCUT2D eigenvalue weighted by Crippen LogP contribution is 2.33. The number of nitrogens with one attached hydrogen (secondary N) is 2. The van der Waals surface area contributed by atoms with Gasteiger partial charge in [0.25, 0.3) is 5.91 Å². The highest BCUT2D eigenvalue weighted by molar-refractivity contribution is 6.09. The van der Waals surface area contributed by atoms with Gasteiger partial charge in [-0.25, -0.2) is 9.69 Å². The van der Waals surface area contributed by atoms with E-state index in [9.17, 15) is 14.4 Å². The van der Waals surface area contributed by atoms with Crippen LogP contribution < -0.4 is 10.2 Å². The van der Waals surface area contributed by atoms with Crippen LogP contribution in [0.2, 0.25) is 0 Å². The topological polar surface area (TPSA) is 80.2 Å². The summed E-state index contributed by atoms with van der Waals surface area (Å²) in [5.41, 5.74) is -0.293. The van der Waals surface area contributed by atoms with Crippen LogP contribution in [-0.4, -0.2) is 49.2 Å². The fourth-order valence-corrected chi connectivity index (χ4v) is 4.59. The molecule has 2 aromatic rings. The molecule has 2 heterocycles. The van der Waals surface area contributed by atoms with Gasteiger partial charge in [-0.2, -0.15) is 0 Å². The van der Waals surface area contributed by atoms with Crippen molar-refractivity contribution < 1.29 is 24.0 Å². The molecule has 0 spiro atoms. The van der Waals surface area contributed by atoms with Crippen LogP contribution in [0.4, 0.5) is 4.79 Å². The molecule has 2 fully saturated rings. The van der Waals surface area contributed by atoms with Gasteiger partial charge < -0.3 is 15.0 Å². The van der Waals surface area contributed by atoms with Gasteiger partial charge in [0, 0.05) is 12.8 Å². The number of esters is 1. The van der Waals surface area contributed by atoms with Crippen LogP contribution in [0, 0.1) is 5.92 Å². The predicted octanol–water partition coefficient (Wildman–Crippen LogP) is 1.42. The van der Waals surface area contributed by atoms with Gasteiger partial charge in [-0.3, -0.25) is 9.59 Å². The van der Waals surface area contributed by atoms with Crippen molar-refractivity contribution in [2.24, 2.45) is 5.92 Å². The first-order chi connectivity index (χ1) is 14.4. The molecule has 3 amide bonds. The van der Waals surface area contributed by atoms with E-state index < -0.39 is 5.54 Å². The molecule has 158 valence electrons. The fourth-order valence-electron chi connectivity index (χ4n) is 4.59. The molecule has 0 aliphatic carbocycles. The van der Waals surface area contributed by atoms with Gasteiger partial charge in [0.15, 0.2) is 6.67 Å². The first-order valence-corrected chi connectivity index (χ1v) is 10.6. The Morgan fingerprint density at radius 2 is 1.87 bits per heavy atom. The molecule has 4 rings (SSSR count). The number of hydrogen-bond donors (Lipinski definition) is 2. The first-order valence-electron chi connectivity index (χ1n) is 10.6. The summed E-state index contributed by atoms with van der Waals surface area (Å²) in [5.74, 6) is -0.461. The number of carbonyl (C=O) groups is 3. The molecule has 0 unspecified atom stereocenters. The number of hydrogen-bond acceptors (Lipinski definition) is 4. The Morgan fingerprint density at radius 1 is 1.17 bits per heavy atom. The summed E-state index contributed by atoms with van der Waals surface area (Å²) >= 11 is 0. The van der Waals surface area contributed by atoms with E-state index in [-0.39, 0.29) is 23.8 Å². The molecule has 0 radical (unpaired) electrons. The molecule has 2 aliphatic rings. The van der Waals surface area contributed by atoms with Crippen LogP contribution in [0.15, 0.2) is 42.5 Å². The van der Waals surface area contributed by atoms with Gasteiger partial charge in [-0.1, -0.05) is 42.5 Å². The molecule has 0 bridgehead atoms. The minimum atomic E-state index is -1.10. The van der Waals surface area contributed by atoms with Crippen molar-refractivity contribution in [3.63, 3.8) is 0 Å². The average Bonchev–Trinajstić information content (AvgIpc) is 2.98. The van der Waals surface area contributed by atoms with Crippen LogP contribution in [0.1, 0.15) is 32.3 Å². The van der Waals surface area contributed by atoms with Crippen LogP contribution in [0.5, 0.6) is 0 Å². The van der Waals surface area contributed by atoms with E-state index in [0.29, 0.717) is 26.1 Å². The van der Waals surface area contributed by atoms with Crippen molar-refractivity contribution in [3.05, 3.63) is 48.0 Å². The zero-order valence-corrected chi connectivity index (χ0v) is 17.4. The van der Waals surface area contributed by atoms with Crippen LogP contribution in [-0.2, 0) is 19.9 Å². The number of rotatable bonds is 5. The van der Waals surface area contributed by atoms with Crippen LogP contribution in [0.25, 0.3) is 10.8 Å². The van der Waals surface area contributed by atoms with Gasteiger partial charge in [0.05, 0.1) is 25.6 Å². The average molecular weight is 410 g/mol. The zero-order valence-electron chi connectivity index (χ0n) is 17.4. The molecule has 2 aromatic carbocycles. The largest absolute Gasteiger partial charge is 0.466 e. The normalized spacial score (nSPS) is 26.7. The Balaban J connectivity index is 1.49. The predicted molar refractivity (Wildman–Crippen MR) is 112 cm³/mol. The summed E-state index contributed by atoms with van der Waals surface area (Å²) in [6, 6.07) is 13.3. The minimum absolute atomic E-state index is 0.0854. The molecule has 30 heavy (non-hydrogen) atoms. The molecule has 7 nitrogen and oxygen atoms in total. The summed E-state index contributed by atoms with van der Waals surface area (Å²) in [5, 5.41) is 4.91. The Kier molecular flexibility index (Phi) is 5.47. The van der Waals surface area contributed by atoms with Crippen molar-refractivity contribution in [2.45, 2.75) is 32.2 Å². The van der Waals surface area contributed by atoms with Gasteiger partial charge >= 0.3 is 12.0 Å². The molecular formula is C23H28N3O4+. The zero-order chi connectivity index (χ0) is 21.3. The third-order valence-corrected chi connectivity index (χ3v) is 6.30. The second-order valence-corrected chi connectivity index (χ2v) is 8.25. The summed E-state index contributed by atoms with van der Waals surface area (Å²) in [7, 11) is 0. The van der Waals surface area contributed by atoms with E-state index in [4.69, 9.17) is 4.74 Å². The number of ether oxygens (including phenoxy) is 1. The van der Waals surface area contributed by atoms with E-state index in [1.807, 2.05) is 49.4 Å². The van der Waals surface area contributed by atoms with Gasteiger partial charge in [-0.05, 0) is 30.2 Å². The molecule has 0 aromatic heterocycles. The third-order valence-electron chi connectivity index (χ3n) is 6.30. The summed E-state index contributed by atoms with van der Waals surface area (Å²) in [6.07, 6.45) is 1.41. The lowest BCUT2D eigenvalue weighted by Gasteiger charge is -2.30. The van der Waals surface area contributed by atoms with Crippen LogP contribution >= 0.6 is 0 Å². The van der Waals surface area contributed by atoms with Crippen molar-refractivity contribution in [3.8, 4) is 0 Å². The monoisotopic (exact) mass is 410 g/mol. The second-order valence-electron chi connectivity index (χ2n) is 8.25. The second kappa shape index (κ2) is 8.07. The third kappa shape index (κ3) is 3.54.